The van der Waals surface area contributed by atoms with Crippen molar-refractivity contribution in [1.29, 1.82) is 0 Å². The smallest absolute Gasteiger partial charge is 0.255 e. The van der Waals surface area contributed by atoms with Crippen molar-refractivity contribution >= 4 is 17.5 Å². The highest BCUT2D eigenvalue weighted by Gasteiger charge is 2.20. The first kappa shape index (κ1) is 17.7. The molecule has 1 aliphatic heterocycles. The first-order chi connectivity index (χ1) is 13.2. The van der Waals surface area contributed by atoms with Crippen LogP contribution in [0.5, 0.6) is 0 Å². The third-order valence-electron chi connectivity index (χ3n) is 4.86. The summed E-state index contributed by atoms with van der Waals surface area (Å²) in [5, 5.41) is 0.760. The molecule has 0 saturated heterocycles. The van der Waals surface area contributed by atoms with Crippen molar-refractivity contribution in [2.24, 2.45) is 0 Å². The molecule has 0 radical (unpaired) electrons. The summed E-state index contributed by atoms with van der Waals surface area (Å²) in [6.07, 6.45) is 6.37. The number of rotatable bonds is 5. The zero-order valence-electron chi connectivity index (χ0n) is 15.0. The van der Waals surface area contributed by atoms with Gasteiger partial charge in [0.25, 0.3) is 5.56 Å². The molecule has 2 aromatic heterocycles. The fourth-order valence-corrected chi connectivity index (χ4v) is 3.60. The third-order valence-corrected chi connectivity index (χ3v) is 5.12. The van der Waals surface area contributed by atoms with Gasteiger partial charge in [-0.1, -0.05) is 23.7 Å². The van der Waals surface area contributed by atoms with Crippen LogP contribution in [0.15, 0.2) is 59.7 Å². The molecule has 0 fully saturated rings. The van der Waals surface area contributed by atoms with E-state index in [1.54, 1.807) is 23.0 Å². The summed E-state index contributed by atoms with van der Waals surface area (Å²) < 4.78 is 1.79. The summed E-state index contributed by atoms with van der Waals surface area (Å²) in [5.74, 6) is 0.775. The van der Waals surface area contributed by atoms with Crippen molar-refractivity contribution in [2.45, 2.75) is 25.8 Å². The predicted octanol–water partition coefficient (Wildman–Crippen LogP) is 3.80. The molecule has 0 N–H and O–H groups in total. The summed E-state index contributed by atoms with van der Waals surface area (Å²) in [4.78, 5) is 23.7. The van der Waals surface area contributed by atoms with E-state index in [-0.39, 0.29) is 5.56 Å². The summed E-state index contributed by atoms with van der Waals surface area (Å²) in [6, 6.07) is 13.4. The van der Waals surface area contributed by atoms with Gasteiger partial charge in [0.2, 0.25) is 5.95 Å². The number of nitrogens with zero attached hydrogens (tertiary/aromatic N) is 4. The van der Waals surface area contributed by atoms with Crippen LogP contribution in [0, 0.1) is 0 Å². The predicted molar refractivity (Wildman–Crippen MR) is 108 cm³/mol. The molecule has 0 aliphatic carbocycles. The van der Waals surface area contributed by atoms with Crippen molar-refractivity contribution in [3.63, 3.8) is 0 Å². The Bertz CT molecular complexity index is 970. The molecule has 0 saturated carbocycles. The summed E-state index contributed by atoms with van der Waals surface area (Å²) in [7, 11) is 0. The maximum Gasteiger partial charge on any atom is 0.255 e. The standard InChI is InChI=1S/C21H21ClN4O/c22-18-6-4-16(5-7-18)3-1-12-25-13-2-14-26-20(27)15-19(24-21(25)26)17-8-10-23-11-9-17/h4-11,15H,1-3,12-14H2. The molecule has 1 aliphatic rings. The van der Waals surface area contributed by atoms with Crippen LogP contribution in [0.25, 0.3) is 11.3 Å². The zero-order chi connectivity index (χ0) is 18.6. The minimum absolute atomic E-state index is 0.00853. The normalized spacial score (nSPS) is 13.4. The lowest BCUT2D eigenvalue weighted by Crippen LogP contribution is -2.39. The first-order valence-electron chi connectivity index (χ1n) is 9.22. The van der Waals surface area contributed by atoms with Gasteiger partial charge in [-0.05, 0) is 49.1 Å². The zero-order valence-corrected chi connectivity index (χ0v) is 15.8. The van der Waals surface area contributed by atoms with E-state index in [0.29, 0.717) is 5.69 Å². The van der Waals surface area contributed by atoms with Gasteiger partial charge >= 0.3 is 0 Å². The van der Waals surface area contributed by atoms with Gasteiger partial charge in [-0.3, -0.25) is 14.3 Å². The van der Waals surface area contributed by atoms with Gasteiger partial charge in [-0.15, -0.1) is 0 Å². The molecule has 1 aromatic carbocycles. The molecule has 3 aromatic rings. The molecule has 4 rings (SSSR count). The molecule has 138 valence electrons. The number of aryl methyl sites for hydroxylation is 1. The quantitative estimate of drug-likeness (QED) is 0.675. The molecule has 6 heteroatoms. The van der Waals surface area contributed by atoms with Crippen molar-refractivity contribution in [2.75, 3.05) is 18.0 Å². The molecular weight excluding hydrogens is 360 g/mol. The van der Waals surface area contributed by atoms with E-state index in [1.165, 1.54) is 5.56 Å². The Balaban J connectivity index is 1.54. The van der Waals surface area contributed by atoms with Crippen molar-refractivity contribution < 1.29 is 0 Å². The van der Waals surface area contributed by atoms with Crippen LogP contribution in [0.2, 0.25) is 5.02 Å². The van der Waals surface area contributed by atoms with Crippen LogP contribution in [-0.2, 0) is 13.0 Å². The highest BCUT2D eigenvalue weighted by molar-refractivity contribution is 6.30. The van der Waals surface area contributed by atoms with Crippen LogP contribution >= 0.6 is 11.6 Å². The fourth-order valence-electron chi connectivity index (χ4n) is 3.47. The molecule has 0 spiro atoms. The van der Waals surface area contributed by atoms with E-state index in [0.717, 1.165) is 55.4 Å². The van der Waals surface area contributed by atoms with E-state index in [2.05, 4.69) is 22.0 Å². The minimum atomic E-state index is 0.00853. The molecule has 3 heterocycles. The molecule has 0 unspecified atom stereocenters. The van der Waals surface area contributed by atoms with Crippen molar-refractivity contribution in [3.8, 4) is 11.3 Å². The SMILES string of the molecule is O=c1cc(-c2ccncc2)nc2n1CCCN2CCCc1ccc(Cl)cc1. The van der Waals surface area contributed by atoms with Crippen LogP contribution in [0.1, 0.15) is 18.4 Å². The second kappa shape index (κ2) is 7.92. The Kier molecular flexibility index (Phi) is 5.21. The number of pyridine rings is 1. The lowest BCUT2D eigenvalue weighted by Gasteiger charge is -2.31. The lowest BCUT2D eigenvalue weighted by molar-refractivity contribution is 0.527. The fraction of sp³-hybridized carbons (Fsp3) is 0.286. The minimum Gasteiger partial charge on any atom is -0.342 e. The van der Waals surface area contributed by atoms with Crippen molar-refractivity contribution in [1.82, 2.24) is 14.5 Å². The maximum absolute atomic E-state index is 12.6. The second-order valence-electron chi connectivity index (χ2n) is 6.74. The largest absolute Gasteiger partial charge is 0.342 e. The molecular formula is C21H21ClN4O. The monoisotopic (exact) mass is 380 g/mol. The highest BCUT2D eigenvalue weighted by atomic mass is 35.5. The Labute approximate surface area is 163 Å². The molecule has 0 bridgehead atoms. The number of fused-ring (bicyclic) bond motifs is 1. The Morgan fingerprint density at radius 2 is 1.81 bits per heavy atom. The topological polar surface area (TPSA) is 51.0 Å². The first-order valence-corrected chi connectivity index (χ1v) is 9.60. The number of benzene rings is 1. The van der Waals surface area contributed by atoms with E-state index in [4.69, 9.17) is 16.6 Å². The van der Waals surface area contributed by atoms with Crippen LogP contribution < -0.4 is 10.5 Å². The third kappa shape index (κ3) is 4.03. The Hall–Kier alpha value is -2.66. The van der Waals surface area contributed by atoms with E-state index in [9.17, 15) is 4.79 Å². The summed E-state index contributed by atoms with van der Waals surface area (Å²) in [6.45, 7) is 2.52. The average molecular weight is 381 g/mol. The van der Waals surface area contributed by atoms with Gasteiger partial charge in [-0.25, -0.2) is 4.98 Å². The number of hydrogen-bond donors (Lipinski definition) is 0. The average Bonchev–Trinajstić information content (AvgIpc) is 2.70. The van der Waals surface area contributed by atoms with Gasteiger partial charge in [0, 0.05) is 48.7 Å². The Morgan fingerprint density at radius 3 is 2.59 bits per heavy atom. The molecule has 0 atom stereocenters. The van der Waals surface area contributed by atoms with Gasteiger partial charge in [0.15, 0.2) is 0 Å². The van der Waals surface area contributed by atoms with Gasteiger partial charge in [0.05, 0.1) is 5.69 Å². The second-order valence-corrected chi connectivity index (χ2v) is 7.17. The molecule has 27 heavy (non-hydrogen) atoms. The molecule has 0 amide bonds. The molecule has 5 nitrogen and oxygen atoms in total. The summed E-state index contributed by atoms with van der Waals surface area (Å²) >= 11 is 5.95. The van der Waals surface area contributed by atoms with Crippen LogP contribution in [-0.4, -0.2) is 27.6 Å². The van der Waals surface area contributed by atoms with Crippen LogP contribution in [0.3, 0.4) is 0 Å². The summed E-state index contributed by atoms with van der Waals surface area (Å²) in [5.41, 5.74) is 2.90. The van der Waals surface area contributed by atoms with Gasteiger partial charge in [-0.2, -0.15) is 0 Å². The maximum atomic E-state index is 12.6. The van der Waals surface area contributed by atoms with Gasteiger partial charge < -0.3 is 4.90 Å². The van der Waals surface area contributed by atoms with Crippen molar-refractivity contribution in [3.05, 3.63) is 75.8 Å². The number of aromatic nitrogens is 3. The van der Waals surface area contributed by atoms with E-state index in [1.807, 2.05) is 24.3 Å². The number of hydrogen-bond acceptors (Lipinski definition) is 4. The van der Waals surface area contributed by atoms with E-state index >= 15 is 0 Å². The van der Waals surface area contributed by atoms with E-state index < -0.39 is 0 Å². The Morgan fingerprint density at radius 1 is 1.04 bits per heavy atom. The number of anilines is 1. The van der Waals surface area contributed by atoms with Gasteiger partial charge in [0.1, 0.15) is 0 Å². The van der Waals surface area contributed by atoms with Crippen LogP contribution in [0.4, 0.5) is 5.95 Å². The highest BCUT2D eigenvalue weighted by Crippen LogP contribution is 2.22. The number of halogens is 1. The lowest BCUT2D eigenvalue weighted by atomic mass is 10.1.